The Labute approximate surface area is 254 Å². The normalized spacial score (nSPS) is 11.7. The Kier molecular flexibility index (Phi) is 5.47. The molecular weight excluding hydrogens is 537 g/mol. The summed E-state index contributed by atoms with van der Waals surface area (Å²) in [6, 6.07) is 58.0. The van der Waals surface area contributed by atoms with Gasteiger partial charge in [-0.25, -0.2) is 0 Å². The summed E-state index contributed by atoms with van der Waals surface area (Å²) in [4.78, 5) is 0. The molecule has 0 aliphatic heterocycles. The largest absolute Gasteiger partial charge is 0.135 e. The molecule has 0 saturated carbocycles. The molecule has 0 unspecified atom stereocenters. The fraction of sp³-hybridized carbons (Fsp3) is 0. The fourth-order valence-electron chi connectivity index (χ4n) is 6.84. The van der Waals surface area contributed by atoms with E-state index in [9.17, 15) is 0 Å². The molecule has 0 amide bonds. The molecule has 0 aliphatic carbocycles. The number of thiophene rings is 1. The van der Waals surface area contributed by atoms with Gasteiger partial charge in [-0.15, -0.1) is 11.3 Å². The molecule has 0 bridgehead atoms. The van der Waals surface area contributed by atoms with Crippen molar-refractivity contribution in [3.8, 4) is 33.4 Å². The van der Waals surface area contributed by atoms with E-state index in [1.54, 1.807) is 0 Å². The molecule has 0 aliphatic rings. The van der Waals surface area contributed by atoms with Crippen molar-refractivity contribution in [3.63, 3.8) is 0 Å². The molecule has 43 heavy (non-hydrogen) atoms. The fourth-order valence-corrected chi connectivity index (χ4v) is 7.91. The third kappa shape index (κ3) is 3.90. The van der Waals surface area contributed by atoms with E-state index in [2.05, 4.69) is 158 Å². The van der Waals surface area contributed by atoms with Crippen molar-refractivity contribution >= 4 is 63.8 Å². The second-order valence-corrected chi connectivity index (χ2v) is 12.4. The summed E-state index contributed by atoms with van der Waals surface area (Å²) < 4.78 is 2.65. The smallest absolute Gasteiger partial charge is 0.0355 e. The zero-order valence-corrected chi connectivity index (χ0v) is 24.2. The highest BCUT2D eigenvalue weighted by Gasteiger charge is 2.18. The van der Waals surface area contributed by atoms with E-state index >= 15 is 0 Å². The van der Waals surface area contributed by atoms with Crippen LogP contribution in [0.25, 0.3) is 85.9 Å². The third-order valence-corrected chi connectivity index (χ3v) is 9.99. The van der Waals surface area contributed by atoms with Crippen molar-refractivity contribution in [2.24, 2.45) is 0 Å². The van der Waals surface area contributed by atoms with Crippen molar-refractivity contribution in [1.82, 2.24) is 0 Å². The molecule has 0 nitrogen and oxygen atoms in total. The zero-order chi connectivity index (χ0) is 28.3. The SMILES string of the molecule is c1ccc(-c2ccc3sc4ccc(-c5c6ccccc6c(-c6ccc7ccccc7c6)c6ccccc56)cc4c3c2)cc1. The standard InChI is InChI=1S/C42H26S/c1-2-10-27(11-3-1)30-20-22-39-37(25-30)38-26-32(21-23-40(38)43-39)42-35-16-8-6-14-33(35)41(34-15-7-9-17-36(34)42)31-19-18-28-12-4-5-13-29(28)24-31/h1-26H. The maximum absolute atomic E-state index is 2.42. The van der Waals surface area contributed by atoms with Gasteiger partial charge in [0.1, 0.15) is 0 Å². The second kappa shape index (κ2) is 9.66. The first-order valence-electron chi connectivity index (χ1n) is 14.8. The minimum absolute atomic E-state index is 1.25. The van der Waals surface area contributed by atoms with Gasteiger partial charge in [0.15, 0.2) is 0 Å². The Balaban J connectivity index is 1.32. The number of fused-ring (bicyclic) bond motifs is 6. The maximum atomic E-state index is 2.42. The Bertz CT molecular complexity index is 2440. The Hall–Kier alpha value is -5.24. The minimum Gasteiger partial charge on any atom is -0.135 e. The lowest BCUT2D eigenvalue weighted by molar-refractivity contribution is 1.66. The van der Waals surface area contributed by atoms with Crippen molar-refractivity contribution in [2.75, 3.05) is 0 Å². The monoisotopic (exact) mass is 562 g/mol. The first kappa shape index (κ1) is 24.4. The Morgan fingerprint density at radius 3 is 1.37 bits per heavy atom. The van der Waals surface area contributed by atoms with Gasteiger partial charge in [0.25, 0.3) is 0 Å². The van der Waals surface area contributed by atoms with Crippen molar-refractivity contribution in [2.45, 2.75) is 0 Å². The second-order valence-electron chi connectivity index (χ2n) is 11.3. The van der Waals surface area contributed by atoms with Crippen LogP contribution in [0.1, 0.15) is 0 Å². The lowest BCUT2D eigenvalue weighted by atomic mass is 9.85. The highest BCUT2D eigenvalue weighted by atomic mass is 32.1. The van der Waals surface area contributed by atoms with Crippen molar-refractivity contribution in [3.05, 3.63) is 158 Å². The van der Waals surface area contributed by atoms with Crippen LogP contribution in [-0.4, -0.2) is 0 Å². The van der Waals surface area contributed by atoms with Crippen LogP contribution in [0.2, 0.25) is 0 Å². The highest BCUT2D eigenvalue weighted by molar-refractivity contribution is 7.25. The van der Waals surface area contributed by atoms with Gasteiger partial charge in [-0.3, -0.25) is 0 Å². The van der Waals surface area contributed by atoms with E-state index in [0.717, 1.165) is 0 Å². The number of hydrogen-bond acceptors (Lipinski definition) is 1. The third-order valence-electron chi connectivity index (χ3n) is 8.83. The average Bonchev–Trinajstić information content (AvgIpc) is 3.44. The van der Waals surface area contributed by atoms with Crippen molar-refractivity contribution in [1.29, 1.82) is 0 Å². The lowest BCUT2D eigenvalue weighted by Crippen LogP contribution is -1.91. The summed E-state index contributed by atoms with van der Waals surface area (Å²) in [5.74, 6) is 0. The molecule has 1 heterocycles. The molecule has 1 heteroatoms. The van der Waals surface area contributed by atoms with E-state index < -0.39 is 0 Å². The first-order chi connectivity index (χ1) is 21.3. The zero-order valence-electron chi connectivity index (χ0n) is 23.4. The highest BCUT2D eigenvalue weighted by Crippen LogP contribution is 2.46. The molecule has 0 N–H and O–H groups in total. The molecule has 0 saturated heterocycles. The molecule has 1 aromatic heterocycles. The first-order valence-corrected chi connectivity index (χ1v) is 15.6. The molecule has 8 aromatic carbocycles. The van der Waals surface area contributed by atoms with E-state index in [4.69, 9.17) is 0 Å². The average molecular weight is 563 g/mol. The van der Waals surface area contributed by atoms with Gasteiger partial charge in [0, 0.05) is 20.2 Å². The molecule has 0 fully saturated rings. The van der Waals surface area contributed by atoms with E-state index in [0.29, 0.717) is 0 Å². The minimum atomic E-state index is 1.25. The summed E-state index contributed by atoms with van der Waals surface area (Å²) in [5, 5.41) is 10.3. The van der Waals surface area contributed by atoms with Gasteiger partial charge in [-0.1, -0.05) is 127 Å². The van der Waals surface area contributed by atoms with Gasteiger partial charge < -0.3 is 0 Å². The molecule has 0 atom stereocenters. The Morgan fingerprint density at radius 2 is 0.744 bits per heavy atom. The number of rotatable bonds is 3. The van der Waals surface area contributed by atoms with Crippen LogP contribution in [0.15, 0.2) is 158 Å². The Morgan fingerprint density at radius 1 is 0.279 bits per heavy atom. The van der Waals surface area contributed by atoms with Gasteiger partial charge in [-0.2, -0.15) is 0 Å². The topological polar surface area (TPSA) is 0 Å². The van der Waals surface area contributed by atoms with Crippen LogP contribution in [0, 0.1) is 0 Å². The number of benzene rings is 8. The molecule has 9 rings (SSSR count). The summed E-state index contributed by atoms with van der Waals surface area (Å²) >= 11 is 1.88. The van der Waals surface area contributed by atoms with Crippen LogP contribution >= 0.6 is 11.3 Å². The van der Waals surface area contributed by atoms with Crippen molar-refractivity contribution < 1.29 is 0 Å². The van der Waals surface area contributed by atoms with E-state index in [1.807, 2.05) is 11.3 Å². The van der Waals surface area contributed by atoms with Crippen LogP contribution in [0.3, 0.4) is 0 Å². The lowest BCUT2D eigenvalue weighted by Gasteiger charge is -2.18. The van der Waals surface area contributed by atoms with E-state index in [-0.39, 0.29) is 0 Å². The summed E-state index contributed by atoms with van der Waals surface area (Å²) in [5.41, 5.74) is 7.63. The van der Waals surface area contributed by atoms with Crippen LogP contribution in [0.5, 0.6) is 0 Å². The van der Waals surface area contributed by atoms with Gasteiger partial charge >= 0.3 is 0 Å². The molecule has 9 aromatic rings. The van der Waals surface area contributed by atoms with Gasteiger partial charge in [-0.05, 0) is 96.0 Å². The predicted molar refractivity (Wildman–Crippen MR) is 188 cm³/mol. The van der Waals surface area contributed by atoms with Crippen LogP contribution in [0.4, 0.5) is 0 Å². The molecule has 0 spiro atoms. The summed E-state index contributed by atoms with van der Waals surface area (Å²) in [6.07, 6.45) is 0. The summed E-state index contributed by atoms with van der Waals surface area (Å²) in [6.45, 7) is 0. The van der Waals surface area contributed by atoms with Gasteiger partial charge in [0.2, 0.25) is 0 Å². The molecular formula is C42H26S. The van der Waals surface area contributed by atoms with Gasteiger partial charge in [0.05, 0.1) is 0 Å². The van der Waals surface area contributed by atoms with Crippen LogP contribution < -0.4 is 0 Å². The van der Waals surface area contributed by atoms with Crippen LogP contribution in [-0.2, 0) is 0 Å². The predicted octanol–water partition coefficient (Wildman–Crippen LogP) is 12.5. The maximum Gasteiger partial charge on any atom is 0.0355 e. The molecule has 0 radical (unpaired) electrons. The van der Waals surface area contributed by atoms with E-state index in [1.165, 1.54) is 85.9 Å². The molecule has 200 valence electrons. The number of hydrogen-bond donors (Lipinski definition) is 0. The quantitative estimate of drug-likeness (QED) is 0.188. The summed E-state index contributed by atoms with van der Waals surface area (Å²) in [7, 11) is 0.